The van der Waals surface area contributed by atoms with Gasteiger partial charge in [-0.1, -0.05) is 182 Å². The number of benzene rings is 12. The van der Waals surface area contributed by atoms with Crippen molar-refractivity contribution in [2.24, 2.45) is 0 Å². The quantitative estimate of drug-likeness (QED) is 0.166. The predicted octanol–water partition coefficient (Wildman–Crippen LogP) is 20.5. The molecule has 0 unspecified atom stereocenters. The molecule has 0 aliphatic heterocycles. The van der Waals surface area contributed by atoms with E-state index in [1.807, 2.05) is 36.4 Å². The molecule has 0 aliphatic carbocycles. The highest BCUT2D eigenvalue weighted by molar-refractivity contribution is 6.17. The summed E-state index contributed by atoms with van der Waals surface area (Å²) in [5.74, 6) is 2.00. The highest BCUT2D eigenvalue weighted by Crippen LogP contribution is 2.44. The van der Waals surface area contributed by atoms with E-state index in [-0.39, 0.29) is 0 Å². The highest BCUT2D eigenvalue weighted by Gasteiger charge is 2.24. The molecule has 12 aromatic carbocycles. The number of furan rings is 3. The van der Waals surface area contributed by atoms with Gasteiger partial charge in [0.05, 0.1) is 33.1 Å². The van der Waals surface area contributed by atoms with Crippen LogP contribution in [-0.2, 0) is 0 Å². The minimum atomic E-state index is 0.541. The molecule has 0 bridgehead atoms. The summed E-state index contributed by atoms with van der Waals surface area (Å²) >= 11 is 0. The van der Waals surface area contributed by atoms with Crippen molar-refractivity contribution >= 4 is 131 Å². The first-order valence-electron chi connectivity index (χ1n) is 28.4. The Labute approximate surface area is 477 Å². The Balaban J connectivity index is 0.862. The van der Waals surface area contributed by atoms with Crippen LogP contribution in [0.25, 0.3) is 182 Å². The highest BCUT2D eigenvalue weighted by atomic mass is 16.3. The van der Waals surface area contributed by atoms with Crippen molar-refractivity contribution in [3.05, 3.63) is 261 Å². The van der Waals surface area contributed by atoms with Gasteiger partial charge in [-0.25, -0.2) is 0 Å². The second-order valence-electron chi connectivity index (χ2n) is 22.0. The number of nitrogens with zero attached hydrogens (tertiary/aromatic N) is 5. The van der Waals surface area contributed by atoms with Crippen LogP contribution in [0.15, 0.2) is 274 Å². The number of hydrogen-bond donors (Lipinski definition) is 0. The molecule has 84 heavy (non-hydrogen) atoms. The van der Waals surface area contributed by atoms with Crippen LogP contribution in [0.2, 0.25) is 0 Å². The van der Waals surface area contributed by atoms with E-state index in [0.29, 0.717) is 5.95 Å². The molecular weight excluding hydrogens is 1030 g/mol. The van der Waals surface area contributed by atoms with Crippen LogP contribution in [0, 0.1) is 0 Å². The zero-order valence-electron chi connectivity index (χ0n) is 44.8. The van der Waals surface area contributed by atoms with E-state index >= 15 is 0 Å². The maximum Gasteiger partial charge on any atom is 0.238 e. The van der Waals surface area contributed by atoms with Crippen molar-refractivity contribution in [3.8, 4) is 51.0 Å². The first-order valence-corrected chi connectivity index (χ1v) is 28.4. The van der Waals surface area contributed by atoms with E-state index in [2.05, 4.69) is 238 Å². The first kappa shape index (κ1) is 45.3. The van der Waals surface area contributed by atoms with Gasteiger partial charge in [-0.15, -0.1) is 0 Å². The Bertz CT molecular complexity index is 5430. The SMILES string of the molecule is c1ccc2c(c1)oc1c(-c3ccc4c(c3)c3ccccc3n4-c3cc(-n4c5ccccc5c5cc(-c6cccc7c6oc6ccccc67)ccc54)nc(-n4c5ccccc5c5cc(-c6cccc7c6oc6ccccc67)ccc54)n3)cccc12. The third kappa shape index (κ3) is 6.36. The van der Waals surface area contributed by atoms with Gasteiger partial charge >= 0.3 is 0 Å². The van der Waals surface area contributed by atoms with Gasteiger partial charge in [0.25, 0.3) is 0 Å². The number of para-hydroxylation sites is 9. The normalized spacial score (nSPS) is 12.3. The van der Waals surface area contributed by atoms with E-state index in [0.717, 1.165) is 176 Å². The molecule has 19 rings (SSSR count). The van der Waals surface area contributed by atoms with Gasteiger partial charge in [-0.3, -0.25) is 13.7 Å². The van der Waals surface area contributed by atoms with Gasteiger partial charge in [-0.2, -0.15) is 9.97 Å². The monoisotopic (exact) mass is 1070 g/mol. The summed E-state index contributed by atoms with van der Waals surface area (Å²) in [5.41, 5.74) is 17.7. The maximum atomic E-state index is 6.61. The van der Waals surface area contributed by atoms with E-state index in [9.17, 15) is 0 Å². The molecule has 0 atom stereocenters. The Morgan fingerprint density at radius 2 is 0.524 bits per heavy atom. The number of hydrogen-bond acceptors (Lipinski definition) is 5. The van der Waals surface area contributed by atoms with Gasteiger partial charge < -0.3 is 13.3 Å². The number of rotatable bonds is 6. The van der Waals surface area contributed by atoms with E-state index in [1.165, 1.54) is 0 Å². The Morgan fingerprint density at radius 1 is 0.226 bits per heavy atom. The standard InChI is InChI=1S/C76H43N5O3/c1-7-28-62-50(16-1)59-40-44(47-22-13-25-56-53-19-4-10-31-68(53)82-73(47)56)34-37-65(59)79(62)71-43-72(80-63-29-8-2-17-51(63)60-41-45(35-38-66(60)80)48-23-14-26-57-54-20-5-11-32-69(54)83-74(48)57)78-76(77-71)81-64-30-9-3-18-52(64)61-42-46(36-39-67(61)81)49-24-15-27-58-55-21-6-12-33-70(55)84-75(49)58/h1-43H. The Hall–Kier alpha value is -11.5. The lowest BCUT2D eigenvalue weighted by Crippen LogP contribution is -2.10. The summed E-state index contributed by atoms with van der Waals surface area (Å²) in [6, 6.07) is 92.5. The van der Waals surface area contributed by atoms with Gasteiger partial charge in [0.15, 0.2) is 0 Å². The summed E-state index contributed by atoms with van der Waals surface area (Å²) in [6.45, 7) is 0. The largest absolute Gasteiger partial charge is 0.455 e. The minimum absolute atomic E-state index is 0.541. The number of aromatic nitrogens is 5. The zero-order valence-corrected chi connectivity index (χ0v) is 44.8. The number of fused-ring (bicyclic) bond motifs is 18. The minimum Gasteiger partial charge on any atom is -0.455 e. The van der Waals surface area contributed by atoms with Crippen LogP contribution in [0.1, 0.15) is 0 Å². The first-order chi connectivity index (χ1) is 41.6. The maximum absolute atomic E-state index is 6.61. The van der Waals surface area contributed by atoms with Gasteiger partial charge in [0.1, 0.15) is 45.1 Å². The lowest BCUT2D eigenvalue weighted by atomic mass is 10.0. The Morgan fingerprint density at radius 3 is 0.905 bits per heavy atom. The molecule has 0 amide bonds. The molecule has 0 N–H and O–H groups in total. The fourth-order valence-electron chi connectivity index (χ4n) is 13.8. The third-order valence-corrected chi connectivity index (χ3v) is 17.5. The van der Waals surface area contributed by atoms with Crippen LogP contribution in [-0.4, -0.2) is 23.7 Å². The molecule has 0 radical (unpaired) electrons. The topological polar surface area (TPSA) is 80.0 Å². The van der Waals surface area contributed by atoms with Crippen LogP contribution in [0.5, 0.6) is 0 Å². The molecular formula is C76H43N5O3. The Kier molecular flexibility index (Phi) is 9.18. The average molecular weight is 1070 g/mol. The van der Waals surface area contributed by atoms with Crippen molar-refractivity contribution in [1.82, 2.24) is 23.7 Å². The van der Waals surface area contributed by atoms with Crippen LogP contribution < -0.4 is 0 Å². The molecule has 7 aromatic heterocycles. The average Bonchev–Trinajstić information content (AvgIpc) is 3.38. The molecule has 8 nitrogen and oxygen atoms in total. The fourth-order valence-corrected chi connectivity index (χ4v) is 13.8. The van der Waals surface area contributed by atoms with Crippen molar-refractivity contribution in [3.63, 3.8) is 0 Å². The summed E-state index contributed by atoms with van der Waals surface area (Å²) < 4.78 is 26.7. The van der Waals surface area contributed by atoms with Gasteiger partial charge in [0.2, 0.25) is 5.95 Å². The second kappa shape index (κ2) is 17.0. The van der Waals surface area contributed by atoms with Crippen LogP contribution in [0.4, 0.5) is 0 Å². The molecule has 0 saturated heterocycles. The van der Waals surface area contributed by atoms with Crippen molar-refractivity contribution in [1.29, 1.82) is 0 Å². The smallest absolute Gasteiger partial charge is 0.238 e. The molecule has 7 heterocycles. The summed E-state index contributed by atoms with van der Waals surface area (Å²) in [6.07, 6.45) is 0. The lowest BCUT2D eigenvalue weighted by Gasteiger charge is -2.15. The molecule has 0 saturated carbocycles. The van der Waals surface area contributed by atoms with Gasteiger partial charge in [0, 0.05) is 87.4 Å². The second-order valence-corrected chi connectivity index (χ2v) is 22.0. The molecule has 0 aliphatic rings. The molecule has 0 spiro atoms. The van der Waals surface area contributed by atoms with Crippen LogP contribution >= 0.6 is 0 Å². The van der Waals surface area contributed by atoms with Crippen molar-refractivity contribution < 1.29 is 13.3 Å². The predicted molar refractivity (Wildman–Crippen MR) is 343 cm³/mol. The summed E-state index contributed by atoms with van der Waals surface area (Å²) in [4.78, 5) is 11.5. The van der Waals surface area contributed by atoms with Crippen molar-refractivity contribution in [2.45, 2.75) is 0 Å². The summed E-state index contributed by atoms with van der Waals surface area (Å²) in [5, 5.41) is 13.2. The molecule has 8 heteroatoms. The van der Waals surface area contributed by atoms with Gasteiger partial charge in [-0.05, 0) is 89.5 Å². The third-order valence-electron chi connectivity index (χ3n) is 17.5. The lowest BCUT2D eigenvalue weighted by molar-refractivity contribution is 0.669. The molecule has 19 aromatic rings. The van der Waals surface area contributed by atoms with E-state index in [1.54, 1.807) is 0 Å². The molecule has 0 fully saturated rings. The summed E-state index contributed by atoms with van der Waals surface area (Å²) in [7, 11) is 0. The zero-order chi connectivity index (χ0) is 54.7. The van der Waals surface area contributed by atoms with E-state index in [4.69, 9.17) is 23.2 Å². The van der Waals surface area contributed by atoms with Crippen LogP contribution in [0.3, 0.4) is 0 Å². The van der Waals surface area contributed by atoms with E-state index < -0.39 is 0 Å². The fraction of sp³-hybridized carbons (Fsp3) is 0. The van der Waals surface area contributed by atoms with Crippen molar-refractivity contribution in [2.75, 3.05) is 0 Å². The molecule has 390 valence electrons.